The van der Waals surface area contributed by atoms with E-state index >= 15 is 0 Å². The van der Waals surface area contributed by atoms with Gasteiger partial charge in [0.15, 0.2) is 12.1 Å². The van der Waals surface area contributed by atoms with E-state index in [2.05, 4.69) is 10.5 Å². The van der Waals surface area contributed by atoms with Gasteiger partial charge in [-0.2, -0.15) is 5.10 Å². The number of amides is 1. The molecule has 0 radical (unpaired) electrons. The predicted octanol–water partition coefficient (Wildman–Crippen LogP) is 2.09. The van der Waals surface area contributed by atoms with E-state index in [9.17, 15) is 29.8 Å². The van der Waals surface area contributed by atoms with Crippen LogP contribution in [0, 0.1) is 38.0 Å². The van der Waals surface area contributed by atoms with Crippen molar-refractivity contribution in [2.24, 2.45) is 22.9 Å². The second kappa shape index (κ2) is 7.83. The Morgan fingerprint density at radius 2 is 1.67 bits per heavy atom. The van der Waals surface area contributed by atoms with Crippen molar-refractivity contribution in [1.29, 1.82) is 0 Å². The summed E-state index contributed by atoms with van der Waals surface area (Å²) in [5.74, 6) is -1.69. The Morgan fingerprint density at radius 3 is 2.30 bits per heavy atom. The Labute approximate surface area is 185 Å². The quantitative estimate of drug-likeness (QED) is 0.395. The van der Waals surface area contributed by atoms with Crippen LogP contribution in [0.3, 0.4) is 0 Å². The van der Waals surface area contributed by atoms with Gasteiger partial charge in [-0.3, -0.25) is 29.8 Å². The lowest BCUT2D eigenvalue weighted by Crippen LogP contribution is -2.33. The zero-order valence-corrected chi connectivity index (χ0v) is 16.8. The number of fused-ring (bicyclic) bond motifs is 4. The van der Waals surface area contributed by atoms with Gasteiger partial charge in [0.25, 0.3) is 17.3 Å². The van der Waals surface area contributed by atoms with Gasteiger partial charge in [-0.15, -0.1) is 0 Å². The zero-order valence-electron chi connectivity index (χ0n) is 16.8. The van der Waals surface area contributed by atoms with Crippen LogP contribution in [0.1, 0.15) is 20.7 Å². The second-order valence-electron chi connectivity index (χ2n) is 7.93. The molecule has 3 aliphatic rings. The fourth-order valence-electron chi connectivity index (χ4n) is 4.49. The number of nitro groups is 2. The smallest absolute Gasteiger partial charge is 0.277 e. The summed E-state index contributed by atoms with van der Waals surface area (Å²) in [6.45, 7) is 0.300. The van der Waals surface area contributed by atoms with Crippen molar-refractivity contribution in [2.75, 3.05) is 6.61 Å². The van der Waals surface area contributed by atoms with Crippen molar-refractivity contribution < 1.29 is 28.9 Å². The summed E-state index contributed by atoms with van der Waals surface area (Å²) in [6, 6.07) is 11.4. The first kappa shape index (κ1) is 20.8. The van der Waals surface area contributed by atoms with Crippen molar-refractivity contribution >= 4 is 28.8 Å². The summed E-state index contributed by atoms with van der Waals surface area (Å²) < 4.78 is 11.4. The molecule has 2 saturated heterocycles. The van der Waals surface area contributed by atoms with E-state index < -0.39 is 33.4 Å². The molecule has 0 aromatic heterocycles. The summed E-state index contributed by atoms with van der Waals surface area (Å²) in [6.07, 6.45) is -1.06. The van der Waals surface area contributed by atoms with E-state index in [0.29, 0.717) is 17.9 Å². The maximum atomic E-state index is 13.0. The van der Waals surface area contributed by atoms with Crippen LogP contribution in [0.25, 0.3) is 0 Å². The van der Waals surface area contributed by atoms with E-state index in [1.54, 1.807) is 24.3 Å². The topological polar surface area (TPSA) is 163 Å². The highest BCUT2D eigenvalue weighted by molar-refractivity contribution is 6.07. The zero-order chi connectivity index (χ0) is 23.3. The molecule has 12 nitrogen and oxygen atoms in total. The number of hydrogen-bond acceptors (Lipinski definition) is 9. The molecule has 33 heavy (non-hydrogen) atoms. The van der Waals surface area contributed by atoms with E-state index in [0.717, 1.165) is 18.2 Å². The molecule has 3 fully saturated rings. The number of nitro benzene ring substituents is 2. The number of Topliss-reactive ketones (excluding diaryl/α,β-unsaturated/α-hetero) is 1. The average Bonchev–Trinajstić information content (AvgIpc) is 3.42. The lowest BCUT2D eigenvalue weighted by atomic mass is 10.0. The molecule has 1 saturated carbocycles. The SMILES string of the molecule is O=C(NN=C1[C@H]2OC[C@@H](O2)[C@@H]2[C@H](C(=O)c3ccccc3)[C@H]12)c1cc([N+](=O)[O-])cc([N+](=O)[O-])c1. The Hall–Kier alpha value is -4.03. The van der Waals surface area contributed by atoms with Gasteiger partial charge in [0, 0.05) is 35.4 Å². The lowest BCUT2D eigenvalue weighted by Gasteiger charge is -2.18. The number of non-ortho nitro benzene ring substituents is 2. The Morgan fingerprint density at radius 1 is 1.00 bits per heavy atom. The second-order valence-corrected chi connectivity index (χ2v) is 7.93. The van der Waals surface area contributed by atoms with Gasteiger partial charge in [0.05, 0.1) is 39.9 Å². The van der Waals surface area contributed by atoms with E-state index in [1.807, 2.05) is 6.07 Å². The minimum Gasteiger partial charge on any atom is -0.344 e. The summed E-state index contributed by atoms with van der Waals surface area (Å²) in [5, 5.41) is 26.2. The van der Waals surface area contributed by atoms with Gasteiger partial charge < -0.3 is 9.47 Å². The summed E-state index contributed by atoms with van der Waals surface area (Å²) in [4.78, 5) is 46.1. The average molecular weight is 452 g/mol. The third kappa shape index (κ3) is 3.64. The number of nitrogens with one attached hydrogen (secondary N) is 1. The molecular formula is C21H16N4O8. The van der Waals surface area contributed by atoms with E-state index in [4.69, 9.17) is 9.47 Å². The Bertz CT molecular complexity index is 1180. The molecule has 1 N–H and O–H groups in total. The maximum absolute atomic E-state index is 13.0. The third-order valence-corrected chi connectivity index (χ3v) is 6.03. The fraction of sp³-hybridized carbons (Fsp3) is 0.286. The minimum absolute atomic E-state index is 0.0462. The van der Waals surface area contributed by atoms with Crippen molar-refractivity contribution in [1.82, 2.24) is 5.43 Å². The van der Waals surface area contributed by atoms with Crippen LogP contribution in [0.2, 0.25) is 0 Å². The number of hydrogen-bond donors (Lipinski definition) is 1. The van der Waals surface area contributed by atoms with E-state index in [-0.39, 0.29) is 35.2 Å². The first-order valence-electron chi connectivity index (χ1n) is 10.0. The van der Waals surface area contributed by atoms with Crippen LogP contribution in [0.15, 0.2) is 53.6 Å². The first-order valence-corrected chi connectivity index (χ1v) is 10.0. The number of nitrogens with zero attached hydrogens (tertiary/aromatic N) is 3. The summed E-state index contributed by atoms with van der Waals surface area (Å²) in [5.41, 5.74) is 1.69. The van der Waals surface area contributed by atoms with Gasteiger partial charge in [-0.05, 0) is 0 Å². The lowest BCUT2D eigenvalue weighted by molar-refractivity contribution is -0.394. The molecule has 5 atom stereocenters. The molecule has 0 spiro atoms. The number of ketones is 1. The van der Waals surface area contributed by atoms with Gasteiger partial charge in [-0.1, -0.05) is 30.3 Å². The molecule has 2 aromatic carbocycles. The Kier molecular flexibility index (Phi) is 4.95. The van der Waals surface area contributed by atoms with Crippen LogP contribution in [-0.4, -0.2) is 46.2 Å². The van der Waals surface area contributed by atoms with Crippen molar-refractivity contribution in [3.05, 3.63) is 79.9 Å². The highest BCUT2D eigenvalue weighted by atomic mass is 16.7. The van der Waals surface area contributed by atoms with Crippen LogP contribution in [-0.2, 0) is 9.47 Å². The van der Waals surface area contributed by atoms with Gasteiger partial charge >= 0.3 is 0 Å². The molecule has 2 bridgehead atoms. The molecule has 1 amide bonds. The minimum atomic E-state index is -0.877. The molecule has 12 heteroatoms. The number of carbonyl (C=O) groups excluding carboxylic acids is 2. The first-order chi connectivity index (χ1) is 15.8. The molecule has 5 rings (SSSR count). The number of rotatable bonds is 6. The molecule has 2 aromatic rings. The largest absolute Gasteiger partial charge is 0.344 e. The van der Waals surface area contributed by atoms with Gasteiger partial charge in [0.2, 0.25) is 0 Å². The molecule has 0 unspecified atom stereocenters. The highest BCUT2D eigenvalue weighted by Crippen LogP contribution is 2.57. The number of ether oxygens (including phenoxy) is 2. The third-order valence-electron chi connectivity index (χ3n) is 6.03. The molecular weight excluding hydrogens is 436 g/mol. The van der Waals surface area contributed by atoms with Gasteiger partial charge in [0.1, 0.15) is 0 Å². The van der Waals surface area contributed by atoms with Gasteiger partial charge in [-0.25, -0.2) is 5.43 Å². The molecule has 1 aliphatic carbocycles. The van der Waals surface area contributed by atoms with Crippen molar-refractivity contribution in [3.63, 3.8) is 0 Å². The Balaban J connectivity index is 1.39. The van der Waals surface area contributed by atoms with E-state index in [1.165, 1.54) is 0 Å². The van der Waals surface area contributed by atoms with Crippen LogP contribution in [0.5, 0.6) is 0 Å². The normalized spacial score (nSPS) is 28.1. The van der Waals surface area contributed by atoms with Crippen molar-refractivity contribution in [2.45, 2.75) is 12.4 Å². The van der Waals surface area contributed by atoms with Crippen LogP contribution in [0.4, 0.5) is 11.4 Å². The van der Waals surface area contributed by atoms with Crippen LogP contribution >= 0.6 is 0 Å². The molecule has 2 aliphatic heterocycles. The van der Waals surface area contributed by atoms with Crippen LogP contribution < -0.4 is 5.43 Å². The monoisotopic (exact) mass is 452 g/mol. The standard InChI is InChI=1S/C21H16N4O8/c26-19(10-4-2-1-3-5-10)17-15-14-9-32-21(33-14)18(16(15)17)22-23-20(27)11-6-12(24(28)29)8-13(7-11)25(30)31/h1-8,14-17,21H,9H2,(H,23,27)/t14-,15+,16-,17+,21+/m1/s1. The predicted molar refractivity (Wildman–Crippen MR) is 111 cm³/mol. The summed E-state index contributed by atoms with van der Waals surface area (Å²) >= 11 is 0. The molecule has 2 heterocycles. The number of benzene rings is 2. The number of hydrazone groups is 1. The summed E-state index contributed by atoms with van der Waals surface area (Å²) in [7, 11) is 0. The highest BCUT2D eigenvalue weighted by Gasteiger charge is 2.67. The fourth-order valence-corrected chi connectivity index (χ4v) is 4.49. The molecule has 168 valence electrons. The number of carbonyl (C=O) groups is 2. The maximum Gasteiger partial charge on any atom is 0.277 e. The van der Waals surface area contributed by atoms with Crippen molar-refractivity contribution in [3.8, 4) is 0 Å².